The van der Waals surface area contributed by atoms with E-state index in [0.717, 1.165) is 42.6 Å². The van der Waals surface area contributed by atoms with Gasteiger partial charge in [0.15, 0.2) is 0 Å². The summed E-state index contributed by atoms with van der Waals surface area (Å²) >= 11 is 0. The maximum absolute atomic E-state index is 5.78. The van der Waals surface area contributed by atoms with Crippen molar-refractivity contribution in [2.24, 2.45) is 29.6 Å². The lowest BCUT2D eigenvalue weighted by Gasteiger charge is -2.47. The summed E-state index contributed by atoms with van der Waals surface area (Å²) in [6.45, 7) is 5.16. The van der Waals surface area contributed by atoms with Crippen LogP contribution in [0.25, 0.3) is 0 Å². The van der Waals surface area contributed by atoms with E-state index in [-0.39, 0.29) is 0 Å². The third-order valence-corrected chi connectivity index (χ3v) is 6.97. The van der Waals surface area contributed by atoms with Crippen LogP contribution in [0.3, 0.4) is 0 Å². The van der Waals surface area contributed by atoms with Crippen LogP contribution < -0.4 is 0 Å². The van der Waals surface area contributed by atoms with E-state index in [1.54, 1.807) is 11.1 Å². The third-order valence-electron chi connectivity index (χ3n) is 6.97. The smallest absolute Gasteiger partial charge is 0.0962 e. The molecular weight excluding hydrogens is 268 g/mol. The van der Waals surface area contributed by atoms with E-state index >= 15 is 0 Å². The summed E-state index contributed by atoms with van der Waals surface area (Å²) in [5.74, 6) is 5.90. The zero-order valence-electron chi connectivity index (χ0n) is 14.2. The summed E-state index contributed by atoms with van der Waals surface area (Å²) in [7, 11) is 0. The minimum atomic E-state index is 0.811. The Bertz CT molecular complexity index is 524. The zero-order valence-corrected chi connectivity index (χ0v) is 14.2. The number of allylic oxidation sites excluding steroid dienone is 6. The van der Waals surface area contributed by atoms with Crippen LogP contribution in [0.4, 0.5) is 0 Å². The van der Waals surface area contributed by atoms with E-state index in [4.69, 9.17) is 4.74 Å². The Morgan fingerprint density at radius 3 is 2.73 bits per heavy atom. The minimum Gasteiger partial charge on any atom is -0.498 e. The Morgan fingerprint density at radius 2 is 1.91 bits per heavy atom. The lowest BCUT2D eigenvalue weighted by molar-refractivity contribution is 0.0748. The first-order valence-electron chi connectivity index (χ1n) is 9.50. The van der Waals surface area contributed by atoms with Crippen molar-refractivity contribution in [3.63, 3.8) is 0 Å². The standard InChI is InChI=1S/C21H30O/c1-3-14-5-8-19-17(14)11-12-20-18-10-7-16(22-4-2)13-15(18)6-9-21(19)20/h3,6,13,17-21H,4-5,7-12H2,1-2H3/b14-3+. The molecule has 2 fully saturated rings. The topological polar surface area (TPSA) is 9.23 Å². The summed E-state index contributed by atoms with van der Waals surface area (Å²) in [6.07, 6.45) is 16.9. The van der Waals surface area contributed by atoms with Crippen molar-refractivity contribution in [2.75, 3.05) is 6.61 Å². The lowest BCUT2D eigenvalue weighted by Crippen LogP contribution is -2.39. The average Bonchev–Trinajstić information content (AvgIpc) is 2.98. The molecule has 0 bridgehead atoms. The van der Waals surface area contributed by atoms with Crippen molar-refractivity contribution in [1.29, 1.82) is 0 Å². The first-order chi connectivity index (χ1) is 10.8. The summed E-state index contributed by atoms with van der Waals surface area (Å²) in [4.78, 5) is 0. The Morgan fingerprint density at radius 1 is 1.05 bits per heavy atom. The van der Waals surface area contributed by atoms with Gasteiger partial charge in [0.25, 0.3) is 0 Å². The maximum Gasteiger partial charge on any atom is 0.0962 e. The molecule has 0 spiro atoms. The Labute approximate surface area is 135 Å². The summed E-state index contributed by atoms with van der Waals surface area (Å²) in [6, 6.07) is 0. The molecule has 0 aromatic rings. The molecule has 5 unspecified atom stereocenters. The van der Waals surface area contributed by atoms with E-state index in [9.17, 15) is 0 Å². The van der Waals surface area contributed by atoms with Gasteiger partial charge in [-0.1, -0.05) is 17.7 Å². The van der Waals surface area contributed by atoms with E-state index in [1.807, 2.05) is 0 Å². The van der Waals surface area contributed by atoms with Crippen LogP contribution >= 0.6 is 0 Å². The van der Waals surface area contributed by atoms with Gasteiger partial charge in [-0.25, -0.2) is 0 Å². The average molecular weight is 298 g/mol. The Balaban J connectivity index is 1.57. The molecule has 120 valence electrons. The molecule has 0 aromatic heterocycles. The summed E-state index contributed by atoms with van der Waals surface area (Å²) < 4.78 is 5.78. The first kappa shape index (κ1) is 14.6. The monoisotopic (exact) mass is 298 g/mol. The SMILES string of the molecule is C/C=C1\CCC2C1CCC1C3CCC(OCC)=CC3=CCC12. The lowest BCUT2D eigenvalue weighted by atomic mass is 9.57. The van der Waals surface area contributed by atoms with Crippen LogP contribution in [0.15, 0.2) is 35.1 Å². The first-order valence-corrected chi connectivity index (χ1v) is 9.50. The van der Waals surface area contributed by atoms with E-state index in [1.165, 1.54) is 44.3 Å². The van der Waals surface area contributed by atoms with E-state index < -0.39 is 0 Å². The molecule has 0 amide bonds. The molecule has 5 atom stereocenters. The van der Waals surface area contributed by atoms with Gasteiger partial charge in [0, 0.05) is 6.42 Å². The molecule has 0 radical (unpaired) electrons. The van der Waals surface area contributed by atoms with Crippen molar-refractivity contribution >= 4 is 0 Å². The minimum absolute atomic E-state index is 0.811. The second-order valence-corrected chi connectivity index (χ2v) is 7.71. The third kappa shape index (κ3) is 2.28. The van der Waals surface area contributed by atoms with Gasteiger partial charge in [-0.05, 0) is 93.6 Å². The Kier molecular flexibility index (Phi) is 3.92. The summed E-state index contributed by atoms with van der Waals surface area (Å²) in [5, 5.41) is 0. The molecule has 0 N–H and O–H groups in total. The number of fused-ring (bicyclic) bond motifs is 5. The van der Waals surface area contributed by atoms with Crippen LogP contribution in [-0.2, 0) is 4.74 Å². The molecule has 22 heavy (non-hydrogen) atoms. The van der Waals surface area contributed by atoms with Crippen molar-refractivity contribution < 1.29 is 4.74 Å². The van der Waals surface area contributed by atoms with Crippen molar-refractivity contribution in [1.82, 2.24) is 0 Å². The highest BCUT2D eigenvalue weighted by molar-refractivity contribution is 5.32. The molecule has 4 aliphatic carbocycles. The highest BCUT2D eigenvalue weighted by Crippen LogP contribution is 2.57. The van der Waals surface area contributed by atoms with Crippen LogP contribution in [0, 0.1) is 29.6 Å². The fourth-order valence-corrected chi connectivity index (χ4v) is 6.09. The van der Waals surface area contributed by atoms with Gasteiger partial charge in [0.05, 0.1) is 12.4 Å². The van der Waals surface area contributed by atoms with E-state index in [0.29, 0.717) is 0 Å². The van der Waals surface area contributed by atoms with Crippen molar-refractivity contribution in [2.45, 2.75) is 58.8 Å². The quantitative estimate of drug-likeness (QED) is 0.599. The molecule has 4 aliphatic rings. The molecule has 4 rings (SSSR count). The number of hydrogen-bond acceptors (Lipinski definition) is 1. The highest BCUT2D eigenvalue weighted by atomic mass is 16.5. The summed E-state index contributed by atoms with van der Waals surface area (Å²) in [5.41, 5.74) is 3.39. The predicted molar refractivity (Wildman–Crippen MR) is 91.3 cm³/mol. The van der Waals surface area contributed by atoms with Gasteiger partial charge in [0.2, 0.25) is 0 Å². The van der Waals surface area contributed by atoms with Gasteiger partial charge in [-0.3, -0.25) is 0 Å². The second-order valence-electron chi connectivity index (χ2n) is 7.71. The molecule has 0 aromatic carbocycles. The molecule has 1 nitrogen and oxygen atoms in total. The van der Waals surface area contributed by atoms with Crippen LogP contribution in [-0.4, -0.2) is 6.61 Å². The molecular formula is C21H30O. The van der Waals surface area contributed by atoms with Gasteiger partial charge in [0.1, 0.15) is 0 Å². The molecule has 1 heteroatoms. The number of ether oxygens (including phenoxy) is 1. The number of rotatable bonds is 2. The van der Waals surface area contributed by atoms with Gasteiger partial charge >= 0.3 is 0 Å². The second kappa shape index (κ2) is 5.91. The molecule has 0 saturated heterocycles. The van der Waals surface area contributed by atoms with Crippen molar-refractivity contribution in [3.8, 4) is 0 Å². The zero-order chi connectivity index (χ0) is 15.1. The molecule has 0 heterocycles. The predicted octanol–water partition coefficient (Wildman–Crippen LogP) is 5.65. The van der Waals surface area contributed by atoms with Crippen LogP contribution in [0.5, 0.6) is 0 Å². The normalized spacial score (nSPS) is 42.1. The highest BCUT2D eigenvalue weighted by Gasteiger charge is 2.47. The number of hydrogen-bond donors (Lipinski definition) is 0. The Hall–Kier alpha value is -0.980. The van der Waals surface area contributed by atoms with Crippen molar-refractivity contribution in [3.05, 3.63) is 35.1 Å². The molecule has 0 aliphatic heterocycles. The van der Waals surface area contributed by atoms with Gasteiger partial charge < -0.3 is 4.74 Å². The fraction of sp³-hybridized carbons (Fsp3) is 0.714. The van der Waals surface area contributed by atoms with Gasteiger partial charge in [-0.2, -0.15) is 0 Å². The van der Waals surface area contributed by atoms with Crippen LogP contribution in [0.1, 0.15) is 58.8 Å². The molecule has 2 saturated carbocycles. The fourth-order valence-electron chi connectivity index (χ4n) is 6.09. The van der Waals surface area contributed by atoms with Crippen LogP contribution in [0.2, 0.25) is 0 Å². The largest absolute Gasteiger partial charge is 0.498 e. The maximum atomic E-state index is 5.78. The van der Waals surface area contributed by atoms with E-state index in [2.05, 4.69) is 32.1 Å². The van der Waals surface area contributed by atoms with Gasteiger partial charge in [-0.15, -0.1) is 0 Å².